The van der Waals surface area contributed by atoms with E-state index in [1.54, 1.807) is 0 Å². The van der Waals surface area contributed by atoms with Gasteiger partial charge in [0.15, 0.2) is 0 Å². The van der Waals surface area contributed by atoms with E-state index in [9.17, 15) is 0 Å². The topological polar surface area (TPSA) is 13.1 Å². The molecule has 3 heteroatoms. The van der Waals surface area contributed by atoms with Gasteiger partial charge in [0.2, 0.25) is 0 Å². The van der Waals surface area contributed by atoms with Crippen LogP contribution in [-0.2, 0) is 0 Å². The molecule has 12 aromatic rings. The lowest BCUT2D eigenvalue weighted by Crippen LogP contribution is -1.90. The van der Waals surface area contributed by atoms with E-state index in [4.69, 9.17) is 4.42 Å². The van der Waals surface area contributed by atoms with E-state index in [0.717, 1.165) is 11.2 Å². The quantitative estimate of drug-likeness (QED) is 0.165. The van der Waals surface area contributed by atoms with Gasteiger partial charge in [-0.05, 0) is 91.6 Å². The molecule has 0 N–H and O–H groups in total. The number of hydrogen-bond donors (Lipinski definition) is 0. The molecule has 12 rings (SSSR count). The summed E-state index contributed by atoms with van der Waals surface area (Å²) in [7, 11) is 0. The van der Waals surface area contributed by atoms with E-state index in [1.165, 1.54) is 106 Å². The molecule has 0 aliphatic heterocycles. The van der Waals surface area contributed by atoms with Crippen LogP contribution in [-0.4, -0.2) is 0 Å². The van der Waals surface area contributed by atoms with Crippen molar-refractivity contribution in [3.8, 4) is 22.3 Å². The van der Waals surface area contributed by atoms with Crippen LogP contribution in [0.1, 0.15) is 0 Å². The fourth-order valence-electron chi connectivity index (χ4n) is 8.64. The molecule has 3 heterocycles. The SMILES string of the molecule is c1ccc2c(c1)oc1ccc3ccc4c5cc(-c6c7ccccc7c(-c7ccc8sc9ccccc9c8c7)c7ccccc67)ccc5sc4c3c12. The minimum absolute atomic E-state index is 0.936. The highest BCUT2D eigenvalue weighted by Crippen LogP contribution is 2.48. The summed E-state index contributed by atoms with van der Waals surface area (Å²) in [6, 6.07) is 58.2. The van der Waals surface area contributed by atoms with Gasteiger partial charge in [-0.15, -0.1) is 22.7 Å². The van der Waals surface area contributed by atoms with Crippen LogP contribution in [0.25, 0.3) is 117 Å². The zero-order valence-electron chi connectivity index (χ0n) is 27.2. The Morgan fingerprint density at radius 3 is 1.55 bits per heavy atom. The van der Waals surface area contributed by atoms with Crippen molar-refractivity contribution in [2.75, 3.05) is 0 Å². The molecule has 1 nitrogen and oxygen atoms in total. The van der Waals surface area contributed by atoms with Crippen LogP contribution in [0.15, 0.2) is 162 Å². The van der Waals surface area contributed by atoms with E-state index in [2.05, 4.69) is 152 Å². The number of para-hydroxylation sites is 1. The van der Waals surface area contributed by atoms with Gasteiger partial charge in [0.25, 0.3) is 0 Å². The van der Waals surface area contributed by atoms with Gasteiger partial charge < -0.3 is 4.42 Å². The molecule has 236 valence electrons. The van der Waals surface area contributed by atoms with Crippen molar-refractivity contribution in [3.05, 3.63) is 158 Å². The first-order valence-electron chi connectivity index (χ1n) is 17.3. The minimum atomic E-state index is 0.936. The first kappa shape index (κ1) is 27.8. The largest absolute Gasteiger partial charge is 0.456 e. The third kappa shape index (κ3) is 3.85. The second kappa shape index (κ2) is 10.3. The van der Waals surface area contributed by atoms with E-state index >= 15 is 0 Å². The Bertz CT molecular complexity index is 3370. The second-order valence-electron chi connectivity index (χ2n) is 13.5. The smallest absolute Gasteiger partial charge is 0.136 e. The lowest BCUT2D eigenvalue weighted by atomic mass is 9.85. The summed E-state index contributed by atoms with van der Waals surface area (Å²) >= 11 is 3.76. The van der Waals surface area contributed by atoms with Crippen molar-refractivity contribution in [2.24, 2.45) is 0 Å². The maximum absolute atomic E-state index is 6.32. The Morgan fingerprint density at radius 2 is 0.863 bits per heavy atom. The van der Waals surface area contributed by atoms with Crippen molar-refractivity contribution < 1.29 is 4.42 Å². The van der Waals surface area contributed by atoms with Gasteiger partial charge in [0, 0.05) is 56.5 Å². The first-order chi connectivity index (χ1) is 25.3. The monoisotopic (exact) mass is 682 g/mol. The molecule has 0 spiro atoms. The molecule has 0 bridgehead atoms. The lowest BCUT2D eigenvalue weighted by Gasteiger charge is -2.18. The van der Waals surface area contributed by atoms with Gasteiger partial charge in [-0.1, -0.05) is 115 Å². The maximum atomic E-state index is 6.32. The second-order valence-corrected chi connectivity index (χ2v) is 15.7. The van der Waals surface area contributed by atoms with Crippen LogP contribution < -0.4 is 0 Å². The molecule has 0 unspecified atom stereocenters. The highest BCUT2D eigenvalue weighted by Gasteiger charge is 2.20. The Morgan fingerprint density at radius 1 is 0.333 bits per heavy atom. The van der Waals surface area contributed by atoms with Crippen molar-refractivity contribution in [2.45, 2.75) is 0 Å². The highest BCUT2D eigenvalue weighted by molar-refractivity contribution is 7.27. The predicted octanol–water partition coefficient (Wildman–Crippen LogP) is 15.1. The Kier molecular flexibility index (Phi) is 5.59. The molecule has 0 aliphatic carbocycles. The average Bonchev–Trinajstić information content (AvgIpc) is 3.87. The van der Waals surface area contributed by atoms with Gasteiger partial charge in [-0.3, -0.25) is 0 Å². The van der Waals surface area contributed by atoms with Crippen LogP contribution in [0.4, 0.5) is 0 Å². The number of thiophene rings is 2. The van der Waals surface area contributed by atoms with Gasteiger partial charge >= 0.3 is 0 Å². The fourth-order valence-corrected chi connectivity index (χ4v) is 11.0. The zero-order chi connectivity index (χ0) is 33.2. The van der Waals surface area contributed by atoms with Crippen LogP contribution in [0.3, 0.4) is 0 Å². The van der Waals surface area contributed by atoms with E-state index in [1.807, 2.05) is 28.7 Å². The molecule has 0 saturated heterocycles. The van der Waals surface area contributed by atoms with Crippen molar-refractivity contribution in [1.29, 1.82) is 0 Å². The highest BCUT2D eigenvalue weighted by atomic mass is 32.1. The predicted molar refractivity (Wildman–Crippen MR) is 223 cm³/mol. The molecule has 0 radical (unpaired) electrons. The Hall–Kier alpha value is -6.00. The Labute approximate surface area is 300 Å². The molecular weight excluding hydrogens is 657 g/mol. The third-order valence-corrected chi connectivity index (χ3v) is 13.2. The lowest BCUT2D eigenvalue weighted by molar-refractivity contribution is 0.669. The fraction of sp³-hybridized carbons (Fsp3) is 0. The van der Waals surface area contributed by atoms with E-state index in [-0.39, 0.29) is 0 Å². The summed E-state index contributed by atoms with van der Waals surface area (Å²) in [4.78, 5) is 0. The first-order valence-corrected chi connectivity index (χ1v) is 19.0. The number of fused-ring (bicyclic) bond motifs is 14. The third-order valence-electron chi connectivity index (χ3n) is 10.8. The summed E-state index contributed by atoms with van der Waals surface area (Å²) in [5, 5.41) is 15.3. The molecule has 51 heavy (non-hydrogen) atoms. The summed E-state index contributed by atoms with van der Waals surface area (Å²) in [5.41, 5.74) is 6.97. The number of rotatable bonds is 2. The van der Waals surface area contributed by atoms with Gasteiger partial charge in [-0.2, -0.15) is 0 Å². The van der Waals surface area contributed by atoms with Crippen LogP contribution in [0, 0.1) is 0 Å². The summed E-state index contributed by atoms with van der Waals surface area (Å²) in [5.74, 6) is 0. The number of hydrogen-bond acceptors (Lipinski definition) is 3. The zero-order valence-corrected chi connectivity index (χ0v) is 28.9. The average molecular weight is 683 g/mol. The van der Waals surface area contributed by atoms with Gasteiger partial charge in [0.1, 0.15) is 11.2 Å². The van der Waals surface area contributed by atoms with Crippen molar-refractivity contribution in [3.63, 3.8) is 0 Å². The van der Waals surface area contributed by atoms with Crippen LogP contribution >= 0.6 is 22.7 Å². The number of benzene rings is 9. The van der Waals surface area contributed by atoms with Crippen molar-refractivity contribution in [1.82, 2.24) is 0 Å². The minimum Gasteiger partial charge on any atom is -0.456 e. The summed E-state index contributed by atoms with van der Waals surface area (Å²) < 4.78 is 11.6. The molecule has 9 aromatic carbocycles. The molecule has 0 aliphatic rings. The van der Waals surface area contributed by atoms with Gasteiger partial charge in [-0.25, -0.2) is 0 Å². The molecular formula is C48H26OS2. The number of furan rings is 1. The molecule has 0 fully saturated rings. The van der Waals surface area contributed by atoms with E-state index < -0.39 is 0 Å². The molecule has 0 atom stereocenters. The molecule has 0 amide bonds. The van der Waals surface area contributed by atoms with Crippen molar-refractivity contribution >= 4 is 117 Å². The summed E-state index contributed by atoms with van der Waals surface area (Å²) in [6.45, 7) is 0. The van der Waals surface area contributed by atoms with Gasteiger partial charge in [0.05, 0.1) is 0 Å². The standard InChI is InChI=1S/C48H26OS2/c1-3-12-33-31(10-1)44(28-19-23-42-37(25-28)30-9-6-8-16-41(30)50-42)32-11-2-4-13-34(32)45(33)29-20-24-43-38(26-29)35-21-17-27-18-22-40-47(46(27)48(35)51-43)36-14-5-7-15-39(36)49-40/h1-26H. The normalized spacial score (nSPS) is 12.3. The van der Waals surface area contributed by atoms with Crippen LogP contribution in [0.5, 0.6) is 0 Å². The molecule has 0 saturated carbocycles. The summed E-state index contributed by atoms with van der Waals surface area (Å²) in [6.07, 6.45) is 0. The Balaban J connectivity index is 1.14. The molecule has 3 aromatic heterocycles. The van der Waals surface area contributed by atoms with E-state index in [0.29, 0.717) is 0 Å². The maximum Gasteiger partial charge on any atom is 0.136 e. The van der Waals surface area contributed by atoms with Crippen LogP contribution in [0.2, 0.25) is 0 Å².